The molecular formula is C13H19N3O2. The number of nitrogens with zero attached hydrogens (tertiary/aromatic N) is 1. The maximum Gasteiger partial charge on any atom is 0.237 e. The molecule has 2 unspecified atom stereocenters. The van der Waals surface area contributed by atoms with Gasteiger partial charge in [-0.1, -0.05) is 6.07 Å². The number of hydrogen-bond donors (Lipinski definition) is 2. The van der Waals surface area contributed by atoms with Crippen LogP contribution in [0.25, 0.3) is 0 Å². The normalized spacial score (nSPS) is 24.8. The molecule has 1 aromatic rings. The zero-order valence-corrected chi connectivity index (χ0v) is 10.7. The fourth-order valence-corrected chi connectivity index (χ4v) is 2.11. The highest BCUT2D eigenvalue weighted by molar-refractivity contribution is 5.82. The van der Waals surface area contributed by atoms with Crippen LogP contribution in [0.3, 0.4) is 0 Å². The molecule has 5 nitrogen and oxygen atoms in total. The van der Waals surface area contributed by atoms with Gasteiger partial charge in [0.15, 0.2) is 0 Å². The third-order valence-corrected chi connectivity index (χ3v) is 3.28. The Labute approximate surface area is 107 Å². The number of hydrogen-bond acceptors (Lipinski definition) is 4. The molecule has 1 saturated heterocycles. The van der Waals surface area contributed by atoms with E-state index >= 15 is 0 Å². The Morgan fingerprint density at radius 2 is 2.50 bits per heavy atom. The molecule has 0 aliphatic carbocycles. The quantitative estimate of drug-likeness (QED) is 0.822. The minimum absolute atomic E-state index is 0.0194. The van der Waals surface area contributed by atoms with Crippen LogP contribution in [0.5, 0.6) is 0 Å². The summed E-state index contributed by atoms with van der Waals surface area (Å²) in [5.41, 5.74) is 1.01. The van der Waals surface area contributed by atoms with Gasteiger partial charge in [0.05, 0.1) is 18.2 Å². The van der Waals surface area contributed by atoms with Crippen molar-refractivity contribution in [3.63, 3.8) is 0 Å². The molecule has 3 atom stereocenters. The van der Waals surface area contributed by atoms with Crippen molar-refractivity contribution in [2.75, 3.05) is 13.7 Å². The fraction of sp³-hybridized carbons (Fsp3) is 0.538. The first-order chi connectivity index (χ1) is 8.70. The number of pyridine rings is 1. The Morgan fingerprint density at radius 1 is 1.67 bits per heavy atom. The highest BCUT2D eigenvalue weighted by Gasteiger charge is 2.29. The lowest BCUT2D eigenvalue weighted by Gasteiger charge is -2.17. The van der Waals surface area contributed by atoms with Crippen LogP contribution in [0.4, 0.5) is 0 Å². The van der Waals surface area contributed by atoms with Crippen molar-refractivity contribution in [3.05, 3.63) is 30.1 Å². The average Bonchev–Trinajstić information content (AvgIpc) is 2.88. The molecule has 1 aliphatic heterocycles. The van der Waals surface area contributed by atoms with Gasteiger partial charge in [-0.3, -0.25) is 9.78 Å². The molecule has 0 bridgehead atoms. The SMILES string of the molecule is COC1CNC(C(=O)N[C@@H](C)c2cccnc2)C1. The molecule has 1 aliphatic rings. The second-order valence-corrected chi connectivity index (χ2v) is 4.57. The fourth-order valence-electron chi connectivity index (χ4n) is 2.11. The lowest BCUT2D eigenvalue weighted by atomic mass is 10.1. The summed E-state index contributed by atoms with van der Waals surface area (Å²) in [6.07, 6.45) is 4.35. The van der Waals surface area contributed by atoms with E-state index in [4.69, 9.17) is 4.74 Å². The van der Waals surface area contributed by atoms with Gasteiger partial charge in [0.25, 0.3) is 0 Å². The summed E-state index contributed by atoms with van der Waals surface area (Å²) < 4.78 is 5.23. The van der Waals surface area contributed by atoms with Gasteiger partial charge in [-0.25, -0.2) is 0 Å². The lowest BCUT2D eigenvalue weighted by molar-refractivity contribution is -0.123. The van der Waals surface area contributed by atoms with Gasteiger partial charge in [0.1, 0.15) is 0 Å². The molecule has 1 aromatic heterocycles. The van der Waals surface area contributed by atoms with Crippen LogP contribution in [-0.2, 0) is 9.53 Å². The molecule has 2 N–H and O–H groups in total. The Kier molecular flexibility index (Phi) is 4.28. The van der Waals surface area contributed by atoms with Crippen molar-refractivity contribution < 1.29 is 9.53 Å². The summed E-state index contributed by atoms with van der Waals surface area (Å²) in [5, 5.41) is 6.15. The summed E-state index contributed by atoms with van der Waals surface area (Å²) >= 11 is 0. The predicted molar refractivity (Wildman–Crippen MR) is 68.0 cm³/mol. The molecule has 2 rings (SSSR count). The smallest absolute Gasteiger partial charge is 0.237 e. The van der Waals surface area contributed by atoms with Crippen LogP contribution in [0.15, 0.2) is 24.5 Å². The third kappa shape index (κ3) is 3.05. The largest absolute Gasteiger partial charge is 0.380 e. The topological polar surface area (TPSA) is 63.2 Å². The number of aromatic nitrogens is 1. The number of carbonyl (C=O) groups is 1. The van der Waals surface area contributed by atoms with Crippen LogP contribution in [0.2, 0.25) is 0 Å². The number of rotatable bonds is 4. The van der Waals surface area contributed by atoms with Gasteiger partial charge in [0.2, 0.25) is 5.91 Å². The molecule has 1 fully saturated rings. The number of amides is 1. The zero-order chi connectivity index (χ0) is 13.0. The molecular weight excluding hydrogens is 230 g/mol. The van der Waals surface area contributed by atoms with Gasteiger partial charge in [-0.15, -0.1) is 0 Å². The number of nitrogens with one attached hydrogen (secondary N) is 2. The second kappa shape index (κ2) is 5.93. The van der Waals surface area contributed by atoms with E-state index in [1.807, 2.05) is 19.1 Å². The predicted octanol–water partition coefficient (Wildman–Crippen LogP) is 0.636. The van der Waals surface area contributed by atoms with Crippen LogP contribution in [-0.4, -0.2) is 36.7 Å². The van der Waals surface area contributed by atoms with E-state index in [1.165, 1.54) is 0 Å². The molecule has 0 radical (unpaired) electrons. The molecule has 1 amide bonds. The summed E-state index contributed by atoms with van der Waals surface area (Å²) in [7, 11) is 1.67. The van der Waals surface area contributed by atoms with Gasteiger partial charge in [0, 0.05) is 26.0 Å². The summed E-state index contributed by atoms with van der Waals surface area (Å²) in [5.74, 6) is 0.0194. The molecule has 98 valence electrons. The molecule has 0 aromatic carbocycles. The van der Waals surface area contributed by atoms with Crippen molar-refractivity contribution in [1.82, 2.24) is 15.6 Å². The Bertz CT molecular complexity index is 396. The molecule has 0 spiro atoms. The van der Waals surface area contributed by atoms with Crippen molar-refractivity contribution in [2.24, 2.45) is 0 Å². The van der Waals surface area contributed by atoms with Crippen molar-refractivity contribution in [1.29, 1.82) is 0 Å². The van der Waals surface area contributed by atoms with E-state index in [9.17, 15) is 4.79 Å². The highest BCUT2D eigenvalue weighted by Crippen LogP contribution is 2.13. The third-order valence-electron chi connectivity index (χ3n) is 3.28. The molecule has 2 heterocycles. The van der Waals surface area contributed by atoms with E-state index in [1.54, 1.807) is 19.5 Å². The van der Waals surface area contributed by atoms with Crippen molar-refractivity contribution in [2.45, 2.75) is 31.5 Å². The monoisotopic (exact) mass is 249 g/mol. The van der Waals surface area contributed by atoms with E-state index in [0.717, 1.165) is 18.5 Å². The first-order valence-corrected chi connectivity index (χ1v) is 6.17. The summed E-state index contributed by atoms with van der Waals surface area (Å²) in [6, 6.07) is 3.63. The van der Waals surface area contributed by atoms with Gasteiger partial charge >= 0.3 is 0 Å². The number of methoxy groups -OCH3 is 1. The van der Waals surface area contributed by atoms with Crippen LogP contribution in [0.1, 0.15) is 24.9 Å². The van der Waals surface area contributed by atoms with Crippen molar-refractivity contribution in [3.8, 4) is 0 Å². The molecule has 0 saturated carbocycles. The van der Waals surface area contributed by atoms with Gasteiger partial charge < -0.3 is 15.4 Å². The van der Waals surface area contributed by atoms with E-state index < -0.39 is 0 Å². The Balaban J connectivity index is 1.88. The standard InChI is InChI=1S/C13H19N3O2/c1-9(10-4-3-5-14-7-10)16-13(17)12-6-11(18-2)8-15-12/h3-5,7,9,11-12,15H,6,8H2,1-2H3,(H,16,17)/t9-,11?,12?/m0/s1. The minimum Gasteiger partial charge on any atom is -0.380 e. The van der Waals surface area contributed by atoms with Crippen LogP contribution < -0.4 is 10.6 Å². The van der Waals surface area contributed by atoms with E-state index in [0.29, 0.717) is 0 Å². The Hall–Kier alpha value is -1.46. The zero-order valence-electron chi connectivity index (χ0n) is 10.7. The van der Waals surface area contributed by atoms with E-state index in [-0.39, 0.29) is 24.1 Å². The number of ether oxygens (including phenoxy) is 1. The summed E-state index contributed by atoms with van der Waals surface area (Å²) in [4.78, 5) is 16.1. The number of carbonyl (C=O) groups excluding carboxylic acids is 1. The maximum absolute atomic E-state index is 12.0. The highest BCUT2D eigenvalue weighted by atomic mass is 16.5. The van der Waals surface area contributed by atoms with Crippen LogP contribution >= 0.6 is 0 Å². The molecule has 5 heteroatoms. The lowest BCUT2D eigenvalue weighted by Crippen LogP contribution is -2.41. The van der Waals surface area contributed by atoms with Gasteiger partial charge in [-0.2, -0.15) is 0 Å². The average molecular weight is 249 g/mol. The van der Waals surface area contributed by atoms with Gasteiger partial charge in [-0.05, 0) is 25.0 Å². The summed E-state index contributed by atoms with van der Waals surface area (Å²) in [6.45, 7) is 2.69. The maximum atomic E-state index is 12.0. The first-order valence-electron chi connectivity index (χ1n) is 6.17. The minimum atomic E-state index is -0.158. The Morgan fingerprint density at radius 3 is 3.11 bits per heavy atom. The van der Waals surface area contributed by atoms with Crippen molar-refractivity contribution >= 4 is 5.91 Å². The second-order valence-electron chi connectivity index (χ2n) is 4.57. The van der Waals surface area contributed by atoms with E-state index in [2.05, 4.69) is 15.6 Å². The van der Waals surface area contributed by atoms with Crippen LogP contribution in [0, 0.1) is 0 Å². The first kappa shape index (κ1) is 13.0. The molecule has 18 heavy (non-hydrogen) atoms.